The molecule has 6 heteroatoms. The SMILES string of the molecule is CCNc1oc2c[n+]([O-])oc2c1NCC. The van der Waals surface area contributed by atoms with Crippen molar-refractivity contribution >= 4 is 22.7 Å². The van der Waals surface area contributed by atoms with Gasteiger partial charge in [0.2, 0.25) is 11.5 Å². The second kappa shape index (κ2) is 3.72. The third-order valence-corrected chi connectivity index (χ3v) is 1.98. The van der Waals surface area contributed by atoms with Crippen molar-refractivity contribution in [3.05, 3.63) is 11.4 Å². The fourth-order valence-corrected chi connectivity index (χ4v) is 1.44. The van der Waals surface area contributed by atoms with Gasteiger partial charge in [0.1, 0.15) is 5.69 Å². The molecule has 0 unspecified atom stereocenters. The Morgan fingerprint density at radius 2 is 2.07 bits per heavy atom. The Hall–Kier alpha value is -1.85. The van der Waals surface area contributed by atoms with Crippen molar-refractivity contribution < 1.29 is 13.8 Å². The van der Waals surface area contributed by atoms with Crippen LogP contribution >= 0.6 is 0 Å². The Balaban J connectivity index is 2.50. The van der Waals surface area contributed by atoms with Crippen LogP contribution in [0.1, 0.15) is 13.8 Å². The van der Waals surface area contributed by atoms with Crippen molar-refractivity contribution in [1.82, 2.24) is 0 Å². The number of hydrogen-bond acceptors (Lipinski definition) is 5. The molecule has 2 heterocycles. The molecule has 0 aliphatic heterocycles. The second-order valence-electron chi connectivity index (χ2n) is 3.07. The number of hydrogen-bond donors (Lipinski definition) is 2. The molecule has 0 fully saturated rings. The van der Waals surface area contributed by atoms with Gasteiger partial charge in [-0.3, -0.25) is 5.21 Å². The van der Waals surface area contributed by atoms with Crippen molar-refractivity contribution in [1.29, 1.82) is 0 Å². The summed E-state index contributed by atoms with van der Waals surface area (Å²) in [5.74, 6) is 0.605. The van der Waals surface area contributed by atoms with E-state index in [1.807, 2.05) is 13.8 Å². The number of aromatic nitrogens is 1. The van der Waals surface area contributed by atoms with E-state index in [1.165, 1.54) is 6.20 Å². The van der Waals surface area contributed by atoms with Crippen LogP contribution in [0.3, 0.4) is 0 Å². The third kappa shape index (κ3) is 1.58. The summed E-state index contributed by atoms with van der Waals surface area (Å²) in [6.45, 7) is 5.40. The lowest BCUT2D eigenvalue weighted by Gasteiger charge is -2.04. The Morgan fingerprint density at radius 1 is 1.33 bits per heavy atom. The van der Waals surface area contributed by atoms with Crippen molar-refractivity contribution in [2.75, 3.05) is 23.7 Å². The van der Waals surface area contributed by atoms with Gasteiger partial charge in [0.05, 0.1) is 0 Å². The van der Waals surface area contributed by atoms with Crippen LogP contribution in [0.2, 0.25) is 0 Å². The summed E-state index contributed by atoms with van der Waals surface area (Å²) in [7, 11) is 0. The predicted octanol–water partition coefficient (Wildman–Crippen LogP) is 1.52. The highest BCUT2D eigenvalue weighted by atomic mass is 16.7. The molecule has 2 N–H and O–H groups in total. The fourth-order valence-electron chi connectivity index (χ4n) is 1.44. The number of nitrogens with zero attached hydrogens (tertiary/aromatic N) is 1. The Bertz CT molecular complexity index is 460. The second-order valence-corrected chi connectivity index (χ2v) is 3.07. The van der Waals surface area contributed by atoms with Gasteiger partial charge >= 0.3 is 0 Å². The van der Waals surface area contributed by atoms with E-state index in [9.17, 15) is 5.21 Å². The molecule has 0 saturated carbocycles. The molecule has 15 heavy (non-hydrogen) atoms. The van der Waals surface area contributed by atoms with E-state index < -0.39 is 0 Å². The molecule has 0 spiro atoms. The first kappa shape index (κ1) is 9.70. The number of fused-ring (bicyclic) bond motifs is 1. The molecule has 6 nitrogen and oxygen atoms in total. The minimum Gasteiger partial charge on any atom is -0.431 e. The minimum atomic E-state index is 0.380. The first-order chi connectivity index (χ1) is 7.26. The molecule has 0 aromatic carbocycles. The lowest BCUT2D eigenvalue weighted by molar-refractivity contribution is -0.788. The summed E-state index contributed by atoms with van der Waals surface area (Å²) >= 11 is 0. The Labute approximate surface area is 86.4 Å². The molecule has 2 rings (SSSR count). The van der Waals surface area contributed by atoms with E-state index in [0.29, 0.717) is 27.6 Å². The smallest absolute Gasteiger partial charge is 0.277 e. The van der Waals surface area contributed by atoms with Crippen LogP contribution in [0.15, 0.2) is 15.1 Å². The Kier molecular flexibility index (Phi) is 2.40. The minimum absolute atomic E-state index is 0.380. The maximum atomic E-state index is 10.9. The highest BCUT2D eigenvalue weighted by Crippen LogP contribution is 2.34. The molecular weight excluding hydrogens is 198 g/mol. The zero-order valence-corrected chi connectivity index (χ0v) is 8.66. The van der Waals surface area contributed by atoms with Gasteiger partial charge in [-0.05, 0) is 13.8 Å². The molecule has 2 aromatic rings. The van der Waals surface area contributed by atoms with Gasteiger partial charge in [-0.15, -0.1) is 0 Å². The molecule has 0 saturated heterocycles. The molecular formula is C9H13N3O3. The highest BCUT2D eigenvalue weighted by molar-refractivity contribution is 5.91. The van der Waals surface area contributed by atoms with Crippen molar-refractivity contribution in [2.24, 2.45) is 0 Å². The van der Waals surface area contributed by atoms with Crippen LogP contribution in [0.4, 0.5) is 11.6 Å². The fraction of sp³-hybridized carbons (Fsp3) is 0.444. The highest BCUT2D eigenvalue weighted by Gasteiger charge is 2.17. The van der Waals surface area contributed by atoms with Crippen LogP contribution in [0.5, 0.6) is 0 Å². The molecule has 82 valence electrons. The van der Waals surface area contributed by atoms with Gasteiger partial charge in [-0.1, -0.05) is 0 Å². The summed E-state index contributed by atoms with van der Waals surface area (Å²) in [4.78, 5) is 0.380. The monoisotopic (exact) mass is 211 g/mol. The van der Waals surface area contributed by atoms with Gasteiger partial charge < -0.3 is 19.6 Å². The molecule has 2 aromatic heterocycles. The average molecular weight is 211 g/mol. The standard InChI is InChI=1S/C9H13N3O3/c1-3-10-7-8-6(5-12(13)15-8)14-9(7)11-4-2/h5,10-11H,3-4H2,1-2H3. The predicted molar refractivity (Wildman–Crippen MR) is 55.8 cm³/mol. The number of rotatable bonds is 4. The summed E-state index contributed by atoms with van der Waals surface area (Å²) in [6.07, 6.45) is 1.26. The van der Waals surface area contributed by atoms with E-state index >= 15 is 0 Å². The van der Waals surface area contributed by atoms with Crippen molar-refractivity contribution in [3.63, 3.8) is 0 Å². The molecule has 0 radical (unpaired) electrons. The zero-order chi connectivity index (χ0) is 10.8. The number of anilines is 2. The topological polar surface area (TPSA) is 77.3 Å². The normalized spacial score (nSPS) is 10.8. The van der Waals surface area contributed by atoms with E-state index in [4.69, 9.17) is 8.94 Å². The number of furan rings is 1. The molecule has 0 bridgehead atoms. The number of nitrogens with one attached hydrogen (secondary N) is 2. The summed E-state index contributed by atoms with van der Waals surface area (Å²) in [5.41, 5.74) is 1.59. The summed E-state index contributed by atoms with van der Waals surface area (Å²) in [6, 6.07) is 0. The van der Waals surface area contributed by atoms with Crippen LogP contribution < -0.4 is 15.5 Å². The van der Waals surface area contributed by atoms with Crippen LogP contribution in [0.25, 0.3) is 11.2 Å². The maximum Gasteiger partial charge on any atom is 0.277 e. The van der Waals surface area contributed by atoms with Crippen LogP contribution in [-0.2, 0) is 0 Å². The van der Waals surface area contributed by atoms with E-state index in [2.05, 4.69) is 10.6 Å². The molecule has 0 amide bonds. The first-order valence-electron chi connectivity index (χ1n) is 4.90. The lowest BCUT2D eigenvalue weighted by Crippen LogP contribution is -2.20. The molecule has 0 atom stereocenters. The van der Waals surface area contributed by atoms with Gasteiger partial charge in [-0.25, -0.2) is 0 Å². The molecule has 0 aliphatic carbocycles. The van der Waals surface area contributed by atoms with E-state index in [1.54, 1.807) is 0 Å². The van der Waals surface area contributed by atoms with E-state index in [-0.39, 0.29) is 0 Å². The summed E-state index contributed by atoms with van der Waals surface area (Å²) in [5, 5.41) is 17.1. The van der Waals surface area contributed by atoms with Crippen LogP contribution in [0, 0.1) is 5.21 Å². The van der Waals surface area contributed by atoms with Crippen LogP contribution in [-0.4, -0.2) is 13.1 Å². The maximum absolute atomic E-state index is 10.9. The lowest BCUT2D eigenvalue weighted by atomic mass is 10.4. The Morgan fingerprint density at radius 3 is 2.73 bits per heavy atom. The van der Waals surface area contributed by atoms with Crippen molar-refractivity contribution in [2.45, 2.75) is 13.8 Å². The van der Waals surface area contributed by atoms with Gasteiger partial charge in [-0.2, -0.15) is 0 Å². The molecule has 0 aliphatic rings. The van der Waals surface area contributed by atoms with E-state index in [0.717, 1.165) is 13.1 Å². The third-order valence-electron chi connectivity index (χ3n) is 1.98. The van der Waals surface area contributed by atoms with Gasteiger partial charge in [0, 0.05) is 18.0 Å². The quantitative estimate of drug-likeness (QED) is 0.750. The van der Waals surface area contributed by atoms with Gasteiger partial charge in [0.25, 0.3) is 6.20 Å². The van der Waals surface area contributed by atoms with Gasteiger partial charge in [0.15, 0.2) is 5.58 Å². The van der Waals surface area contributed by atoms with Crippen molar-refractivity contribution in [3.8, 4) is 0 Å². The zero-order valence-electron chi connectivity index (χ0n) is 8.66. The largest absolute Gasteiger partial charge is 0.431 e. The first-order valence-corrected chi connectivity index (χ1v) is 4.90. The average Bonchev–Trinajstić information content (AvgIpc) is 2.67. The summed E-state index contributed by atoms with van der Waals surface area (Å²) < 4.78 is 10.4.